The monoisotopic (exact) mass is 875 g/mol. The van der Waals surface area contributed by atoms with Crippen LogP contribution in [0.5, 0.6) is 0 Å². The van der Waals surface area contributed by atoms with Crippen LogP contribution >= 0.6 is 0 Å². The van der Waals surface area contributed by atoms with Crippen molar-refractivity contribution >= 4 is 35.2 Å². The summed E-state index contributed by atoms with van der Waals surface area (Å²) in [5, 5.41) is 3.37. The molecule has 0 N–H and O–H groups in total. The molecule has 3 heterocycles. The first-order valence-corrected chi connectivity index (χ1v) is 20.6. The number of pyridine rings is 2. The average molecular weight is 875 g/mol. The Balaban J connectivity index is 0.000000194. The van der Waals surface area contributed by atoms with Crippen LogP contribution in [0, 0.1) is 19.0 Å². The minimum atomic E-state index is -2.13. The predicted octanol–water partition coefficient (Wildman–Crippen LogP) is 12.3. The number of nitrogens with zero attached hydrogens (tertiary/aromatic N) is 2. The fourth-order valence-corrected chi connectivity index (χ4v) is 7.90. The molecule has 0 amide bonds. The number of fused-ring (bicyclic) bond motifs is 3. The van der Waals surface area contributed by atoms with Crippen molar-refractivity contribution in [3.05, 3.63) is 163 Å². The van der Waals surface area contributed by atoms with E-state index in [9.17, 15) is 0 Å². The Labute approximate surface area is 327 Å². The van der Waals surface area contributed by atoms with E-state index in [0.29, 0.717) is 0 Å². The Bertz CT molecular complexity index is 2590. The molecule has 3 aromatic heterocycles. The van der Waals surface area contributed by atoms with Crippen molar-refractivity contribution in [3.63, 3.8) is 0 Å². The molecule has 8 rings (SSSR count). The van der Waals surface area contributed by atoms with Crippen LogP contribution in [0.25, 0.3) is 66.7 Å². The quantitative estimate of drug-likeness (QED) is 0.123. The molecule has 8 aromatic rings. The predicted molar refractivity (Wildman–Crippen MR) is 217 cm³/mol. The van der Waals surface area contributed by atoms with Crippen LogP contribution in [0.2, 0.25) is 19.6 Å². The summed E-state index contributed by atoms with van der Waals surface area (Å²) in [5.41, 5.74) is 10.8. The van der Waals surface area contributed by atoms with Crippen LogP contribution in [0.4, 0.5) is 0 Å². The maximum Gasteiger partial charge on any atom is 0.121 e. The third-order valence-corrected chi connectivity index (χ3v) is 11.0. The molecule has 0 aliphatic heterocycles. The van der Waals surface area contributed by atoms with E-state index in [1.54, 1.807) is 12.1 Å². The van der Waals surface area contributed by atoms with Crippen molar-refractivity contribution in [2.24, 2.45) is 0 Å². The Kier molecular flexibility index (Phi) is 9.63. The summed E-state index contributed by atoms with van der Waals surface area (Å²) in [6, 6.07) is 48.4. The molecule has 0 spiro atoms. The van der Waals surface area contributed by atoms with Crippen LogP contribution in [0.15, 0.2) is 144 Å². The van der Waals surface area contributed by atoms with Crippen molar-refractivity contribution in [2.75, 3.05) is 0 Å². The van der Waals surface area contributed by atoms with E-state index in [0.717, 1.165) is 66.7 Å². The summed E-state index contributed by atoms with van der Waals surface area (Å²) < 4.78 is 37.2. The van der Waals surface area contributed by atoms with Gasteiger partial charge in [0.05, 0.1) is 13.7 Å². The van der Waals surface area contributed by atoms with Gasteiger partial charge in [-0.2, -0.15) is 0 Å². The van der Waals surface area contributed by atoms with Gasteiger partial charge in [-0.3, -0.25) is 0 Å². The Morgan fingerprint density at radius 1 is 0.712 bits per heavy atom. The minimum absolute atomic E-state index is 0. The van der Waals surface area contributed by atoms with Crippen LogP contribution < -0.4 is 5.19 Å². The molecule has 0 unspecified atom stereocenters. The number of hydrogen-bond donors (Lipinski definition) is 0. The molecule has 0 aliphatic rings. The van der Waals surface area contributed by atoms with Crippen molar-refractivity contribution in [1.82, 2.24) is 9.97 Å². The topological polar surface area (TPSA) is 38.9 Å². The second-order valence-corrected chi connectivity index (χ2v) is 19.0. The number of aromatic nitrogens is 2. The minimum Gasteiger partial charge on any atom is -0.501 e. The zero-order valence-electron chi connectivity index (χ0n) is 33.9. The second-order valence-electron chi connectivity index (χ2n) is 13.9. The van der Waals surface area contributed by atoms with E-state index < -0.39 is 20.8 Å². The fourth-order valence-electron chi connectivity index (χ4n) is 6.32. The summed E-state index contributed by atoms with van der Waals surface area (Å²) in [7, 11) is -1.61. The van der Waals surface area contributed by atoms with Gasteiger partial charge in [-0.1, -0.05) is 142 Å². The molecular formula is C47H42IrN2OSi-2. The molecule has 0 saturated carbocycles. The summed E-state index contributed by atoms with van der Waals surface area (Å²) in [6.07, 6.45) is 3.74. The SMILES string of the molecule is [2H]C([2H])([2H])c1c[c-]c(-c2cc(C([2H])(C)C)c([Si](C)(C)C)cn2)cc1.[Ir].[c-]1ccc2c(oc3cc(-c4ccccc4)ccc32)c1-c1cc(-c2ccccc2)ccn1. The van der Waals surface area contributed by atoms with Gasteiger partial charge >= 0.3 is 0 Å². The number of furan rings is 1. The Morgan fingerprint density at radius 2 is 1.42 bits per heavy atom. The van der Waals surface area contributed by atoms with Gasteiger partial charge in [-0.25, -0.2) is 0 Å². The second kappa shape index (κ2) is 15.8. The van der Waals surface area contributed by atoms with Gasteiger partial charge in [0.25, 0.3) is 0 Å². The van der Waals surface area contributed by atoms with Crippen molar-refractivity contribution in [2.45, 2.75) is 46.2 Å². The Morgan fingerprint density at radius 3 is 2.06 bits per heavy atom. The van der Waals surface area contributed by atoms with E-state index in [1.165, 1.54) is 16.8 Å². The van der Waals surface area contributed by atoms with E-state index in [4.69, 9.17) is 9.90 Å². The molecule has 0 bridgehead atoms. The molecular weight excluding hydrogens is 829 g/mol. The molecule has 52 heavy (non-hydrogen) atoms. The first kappa shape index (κ1) is 31.8. The van der Waals surface area contributed by atoms with E-state index in [-0.39, 0.29) is 25.7 Å². The standard InChI is InChI=1S/C29H18NO.C18H24NSi.Ir/c1-3-8-20(9-4-1)22-14-15-24-25-12-7-13-26(29(25)31-28(24)19-22)27-18-23(16-17-30-27)21-10-5-2-6-11-21;1-13(2)16-11-17(15-9-7-14(3)8-10-15)19-12-18(16)20(4,5)6;/h1-12,14-19H;7-9,11-13H,1-6H3;/q2*-1;/i;3D3,13D;. The van der Waals surface area contributed by atoms with E-state index >= 15 is 0 Å². The fraction of sp³-hybridized carbons (Fsp3) is 0.149. The molecule has 5 heteroatoms. The van der Waals surface area contributed by atoms with E-state index in [2.05, 4.69) is 108 Å². The van der Waals surface area contributed by atoms with Gasteiger partial charge in [0.15, 0.2) is 0 Å². The summed E-state index contributed by atoms with van der Waals surface area (Å²) in [5.74, 6) is -0.716. The van der Waals surface area contributed by atoms with Gasteiger partial charge in [0.1, 0.15) is 5.58 Å². The Hall–Kier alpha value is -4.93. The average Bonchev–Trinajstić information content (AvgIpc) is 3.56. The van der Waals surface area contributed by atoms with Crippen molar-refractivity contribution < 1.29 is 30.0 Å². The maximum atomic E-state index is 8.48. The number of rotatable bonds is 6. The van der Waals surface area contributed by atoms with Crippen molar-refractivity contribution in [3.8, 4) is 44.8 Å². The van der Waals surface area contributed by atoms with E-state index in [1.807, 2.05) is 68.7 Å². The van der Waals surface area contributed by atoms with Gasteiger partial charge in [-0.05, 0) is 56.9 Å². The van der Waals surface area contributed by atoms with Crippen LogP contribution in [-0.4, -0.2) is 18.0 Å². The summed E-state index contributed by atoms with van der Waals surface area (Å²) in [4.78, 5) is 9.19. The molecule has 0 fully saturated rings. The van der Waals surface area contributed by atoms with Gasteiger partial charge < -0.3 is 14.4 Å². The van der Waals surface area contributed by atoms with Crippen LogP contribution in [0.1, 0.15) is 36.4 Å². The smallest absolute Gasteiger partial charge is 0.121 e. The normalized spacial score (nSPS) is 12.9. The number of aryl methyl sites for hydroxylation is 1. The third kappa shape index (κ3) is 7.93. The summed E-state index contributed by atoms with van der Waals surface area (Å²) in [6.45, 7) is 8.38. The molecule has 261 valence electrons. The molecule has 0 atom stereocenters. The molecule has 5 aromatic carbocycles. The molecule has 1 radical (unpaired) electrons. The summed E-state index contributed by atoms with van der Waals surface area (Å²) >= 11 is 0. The van der Waals surface area contributed by atoms with Gasteiger partial charge in [0, 0.05) is 43.4 Å². The molecule has 3 nitrogen and oxygen atoms in total. The third-order valence-electron chi connectivity index (χ3n) is 9.00. The largest absolute Gasteiger partial charge is 0.501 e. The molecule has 0 saturated heterocycles. The zero-order valence-corrected chi connectivity index (χ0v) is 33.3. The van der Waals surface area contributed by atoms with Gasteiger partial charge in [0.2, 0.25) is 0 Å². The first-order valence-electron chi connectivity index (χ1n) is 19.1. The van der Waals surface area contributed by atoms with Crippen LogP contribution in [-0.2, 0) is 20.1 Å². The van der Waals surface area contributed by atoms with Crippen molar-refractivity contribution in [1.29, 1.82) is 0 Å². The van der Waals surface area contributed by atoms with Gasteiger partial charge in [-0.15, -0.1) is 53.6 Å². The van der Waals surface area contributed by atoms with Crippen LogP contribution in [0.3, 0.4) is 0 Å². The maximum absolute atomic E-state index is 8.48. The number of hydrogen-bond acceptors (Lipinski definition) is 3. The molecule has 0 aliphatic carbocycles. The number of benzene rings is 5. The first-order chi connectivity index (χ1) is 26.2. The zero-order chi connectivity index (χ0) is 39.0.